The predicted molar refractivity (Wildman–Crippen MR) is 62.4 cm³/mol. The molecule has 0 aromatic heterocycles. The summed E-state index contributed by atoms with van der Waals surface area (Å²) < 4.78 is 4.94. The Hall–Kier alpha value is -1.82. The first-order valence-electron chi connectivity index (χ1n) is 5.11. The summed E-state index contributed by atoms with van der Waals surface area (Å²) in [5.74, 6) is -2.80. The number of carbonyl (C=O) groups is 2. The van der Waals surface area contributed by atoms with E-state index in [0.29, 0.717) is 0 Å². The molecule has 1 atom stereocenters. The number of nitrogens with two attached hydrogens (primary N) is 1. The van der Waals surface area contributed by atoms with Crippen LogP contribution in [0.25, 0.3) is 0 Å². The second-order valence-electron chi connectivity index (χ2n) is 3.45. The van der Waals surface area contributed by atoms with Crippen LogP contribution in [-0.2, 0) is 20.9 Å². The van der Waals surface area contributed by atoms with E-state index in [4.69, 9.17) is 15.6 Å². The van der Waals surface area contributed by atoms with Crippen molar-refractivity contribution in [3.8, 4) is 0 Å². The number of ether oxygens (including phenoxy) is 1. The number of hydrogen-bond acceptors (Lipinski definition) is 4. The van der Waals surface area contributed by atoms with Gasteiger partial charge < -0.3 is 15.6 Å². The molecule has 3 N–H and O–H groups in total. The zero-order chi connectivity index (χ0) is 12.7. The van der Waals surface area contributed by atoms with E-state index in [1.165, 1.54) is 7.28 Å². The van der Waals surface area contributed by atoms with E-state index in [1.807, 2.05) is 30.3 Å². The van der Waals surface area contributed by atoms with E-state index in [9.17, 15) is 9.59 Å². The van der Waals surface area contributed by atoms with Crippen molar-refractivity contribution in [2.75, 3.05) is 0 Å². The maximum atomic E-state index is 11.2. The van der Waals surface area contributed by atoms with Gasteiger partial charge in [0, 0.05) is 6.32 Å². The van der Waals surface area contributed by atoms with Crippen molar-refractivity contribution in [3.63, 3.8) is 0 Å². The summed E-state index contributed by atoms with van der Waals surface area (Å²) in [6.45, 7) is 0.176. The lowest BCUT2D eigenvalue weighted by Crippen LogP contribution is -2.37. The molecule has 5 nitrogen and oxygen atoms in total. The highest BCUT2D eigenvalue weighted by Gasteiger charge is 2.15. The standard InChI is InChI=1S/C11H13BNO4/c13-10(11(15)16)12-6-9(14)17-7-8-4-2-1-3-5-8/h1-5,10H,6-7,13H2,(H,15,16)/t10-/m0/s1. The monoisotopic (exact) mass is 234 g/mol. The van der Waals surface area contributed by atoms with Crippen molar-refractivity contribution >= 4 is 19.2 Å². The third-order valence-corrected chi connectivity index (χ3v) is 2.07. The van der Waals surface area contributed by atoms with Crippen LogP contribution in [0.1, 0.15) is 5.56 Å². The second kappa shape index (κ2) is 6.70. The summed E-state index contributed by atoms with van der Waals surface area (Å²) in [5, 5.41) is 8.49. The molecule has 0 unspecified atom stereocenters. The fourth-order valence-electron chi connectivity index (χ4n) is 1.12. The van der Waals surface area contributed by atoms with E-state index >= 15 is 0 Å². The van der Waals surface area contributed by atoms with E-state index in [1.54, 1.807) is 0 Å². The van der Waals surface area contributed by atoms with E-state index < -0.39 is 17.9 Å². The summed E-state index contributed by atoms with van der Waals surface area (Å²) >= 11 is 0. The molecule has 89 valence electrons. The summed E-state index contributed by atoms with van der Waals surface area (Å²) in [6.07, 6.45) is -0.111. The van der Waals surface area contributed by atoms with Gasteiger partial charge >= 0.3 is 5.97 Å². The van der Waals surface area contributed by atoms with Crippen LogP contribution in [0.5, 0.6) is 0 Å². The van der Waals surface area contributed by atoms with Gasteiger partial charge in [0.05, 0.1) is 5.94 Å². The minimum Gasteiger partial charge on any atom is -0.481 e. The Kier molecular flexibility index (Phi) is 5.22. The van der Waals surface area contributed by atoms with Crippen molar-refractivity contribution in [1.82, 2.24) is 0 Å². The van der Waals surface area contributed by atoms with Gasteiger partial charge in [0.2, 0.25) is 0 Å². The maximum absolute atomic E-state index is 11.2. The first kappa shape index (κ1) is 13.3. The van der Waals surface area contributed by atoms with Crippen molar-refractivity contribution < 1.29 is 19.4 Å². The van der Waals surface area contributed by atoms with Crippen LogP contribution in [0.15, 0.2) is 30.3 Å². The molecule has 0 fully saturated rings. The Morgan fingerprint density at radius 1 is 1.35 bits per heavy atom. The van der Waals surface area contributed by atoms with Crippen molar-refractivity contribution in [2.45, 2.75) is 18.9 Å². The van der Waals surface area contributed by atoms with Crippen molar-refractivity contribution in [1.29, 1.82) is 0 Å². The highest BCUT2D eigenvalue weighted by Crippen LogP contribution is 2.01. The van der Waals surface area contributed by atoms with Gasteiger partial charge in [-0.25, -0.2) is 0 Å². The Balaban J connectivity index is 2.24. The molecule has 0 amide bonds. The number of carboxylic acids is 1. The SMILES string of the molecule is N[C@H]([B]CC(=O)OCc1ccccc1)C(=O)O. The molecule has 17 heavy (non-hydrogen) atoms. The molecule has 0 saturated heterocycles. The first-order chi connectivity index (χ1) is 8.09. The van der Waals surface area contributed by atoms with Gasteiger partial charge in [0.15, 0.2) is 7.28 Å². The van der Waals surface area contributed by atoms with Crippen molar-refractivity contribution in [3.05, 3.63) is 35.9 Å². The number of esters is 1. The quantitative estimate of drug-likeness (QED) is 0.542. The molecule has 0 saturated carbocycles. The van der Waals surface area contributed by atoms with E-state index in [-0.39, 0.29) is 12.9 Å². The summed E-state index contributed by atoms with van der Waals surface area (Å²) in [5.41, 5.74) is 6.09. The molecule has 1 aromatic rings. The molecule has 1 radical (unpaired) electrons. The summed E-state index contributed by atoms with van der Waals surface area (Å²) in [4.78, 5) is 21.6. The predicted octanol–water partition coefficient (Wildman–Crippen LogP) is 0.222. The van der Waals surface area contributed by atoms with Gasteiger partial charge in [-0.3, -0.25) is 9.59 Å². The topological polar surface area (TPSA) is 89.6 Å². The number of rotatable bonds is 6. The number of hydrogen-bond donors (Lipinski definition) is 2. The minimum absolute atomic E-state index is 0.111. The Morgan fingerprint density at radius 2 is 2.00 bits per heavy atom. The minimum atomic E-state index is -1.17. The van der Waals surface area contributed by atoms with Gasteiger partial charge in [-0.05, 0) is 5.56 Å². The van der Waals surface area contributed by atoms with E-state index in [0.717, 1.165) is 5.56 Å². The van der Waals surface area contributed by atoms with Crippen LogP contribution in [0.2, 0.25) is 6.32 Å². The van der Waals surface area contributed by atoms with Crippen LogP contribution in [0.4, 0.5) is 0 Å². The van der Waals surface area contributed by atoms with E-state index in [2.05, 4.69) is 0 Å². The summed E-state index contributed by atoms with van der Waals surface area (Å²) in [6, 6.07) is 9.22. The Morgan fingerprint density at radius 3 is 2.59 bits per heavy atom. The molecular weight excluding hydrogens is 221 g/mol. The molecule has 0 spiro atoms. The number of benzene rings is 1. The molecule has 0 aliphatic heterocycles. The largest absolute Gasteiger partial charge is 0.481 e. The van der Waals surface area contributed by atoms with Gasteiger partial charge in [0.25, 0.3) is 5.97 Å². The van der Waals surface area contributed by atoms with Gasteiger partial charge in [-0.1, -0.05) is 30.3 Å². The van der Waals surface area contributed by atoms with Crippen LogP contribution < -0.4 is 5.73 Å². The van der Waals surface area contributed by atoms with Crippen LogP contribution >= 0.6 is 0 Å². The number of aliphatic carboxylic acids is 1. The van der Waals surface area contributed by atoms with Crippen LogP contribution in [0.3, 0.4) is 0 Å². The second-order valence-corrected chi connectivity index (χ2v) is 3.45. The molecule has 1 rings (SSSR count). The normalized spacial score (nSPS) is 11.6. The van der Waals surface area contributed by atoms with Crippen LogP contribution in [0, 0.1) is 0 Å². The average Bonchev–Trinajstić information content (AvgIpc) is 2.34. The fraction of sp³-hybridized carbons (Fsp3) is 0.273. The van der Waals surface area contributed by atoms with Crippen LogP contribution in [-0.4, -0.2) is 30.3 Å². The average molecular weight is 234 g/mol. The lowest BCUT2D eigenvalue weighted by molar-refractivity contribution is -0.142. The van der Waals surface area contributed by atoms with Crippen molar-refractivity contribution in [2.24, 2.45) is 5.73 Å². The third kappa shape index (κ3) is 5.17. The summed E-state index contributed by atoms with van der Waals surface area (Å²) in [7, 11) is 1.20. The molecule has 0 aliphatic rings. The molecule has 0 aliphatic carbocycles. The molecular formula is C11H13BNO4. The lowest BCUT2D eigenvalue weighted by atomic mass is 9.67. The number of carbonyl (C=O) groups excluding carboxylic acids is 1. The molecule has 0 bridgehead atoms. The highest BCUT2D eigenvalue weighted by atomic mass is 16.5. The zero-order valence-corrected chi connectivity index (χ0v) is 9.20. The molecule has 6 heteroatoms. The molecule has 0 heterocycles. The Bertz CT molecular complexity index is 382. The fourth-order valence-corrected chi connectivity index (χ4v) is 1.12. The Labute approximate surface area is 99.8 Å². The third-order valence-electron chi connectivity index (χ3n) is 2.07. The maximum Gasteiger partial charge on any atom is 0.311 e. The lowest BCUT2D eigenvalue weighted by Gasteiger charge is -2.06. The van der Waals surface area contributed by atoms with Gasteiger partial charge in [-0.2, -0.15) is 0 Å². The smallest absolute Gasteiger partial charge is 0.311 e. The van der Waals surface area contributed by atoms with Gasteiger partial charge in [0.1, 0.15) is 6.61 Å². The van der Waals surface area contributed by atoms with Gasteiger partial charge in [-0.15, -0.1) is 0 Å². The first-order valence-corrected chi connectivity index (χ1v) is 5.11. The molecule has 1 aromatic carbocycles. The highest BCUT2D eigenvalue weighted by molar-refractivity contribution is 6.47. The number of carboxylic acid groups (broad SMARTS) is 1. The zero-order valence-electron chi connectivity index (χ0n) is 9.20.